The van der Waals surface area contributed by atoms with E-state index in [1.165, 1.54) is 0 Å². The molecule has 0 N–H and O–H groups in total. The predicted octanol–water partition coefficient (Wildman–Crippen LogP) is 1.45. The third-order valence-corrected chi connectivity index (χ3v) is 1.70. The fourth-order valence-electron chi connectivity index (χ4n) is 0.997. The molecule has 2 heteroatoms. The van der Waals surface area contributed by atoms with Gasteiger partial charge in [-0.2, -0.15) is 0 Å². The monoisotopic (exact) mass is 144 g/mol. The Morgan fingerprint density at radius 2 is 2.20 bits per heavy atom. The molecule has 1 saturated heterocycles. The number of hydrogen-bond acceptors (Lipinski definition) is 2. The van der Waals surface area contributed by atoms with Gasteiger partial charge in [0.15, 0.2) is 0 Å². The van der Waals surface area contributed by atoms with Gasteiger partial charge in [0.05, 0.1) is 19.8 Å². The second-order valence-corrected chi connectivity index (χ2v) is 3.36. The van der Waals surface area contributed by atoms with Gasteiger partial charge in [-0.25, -0.2) is 0 Å². The first kappa shape index (κ1) is 8.02. The Labute approximate surface area is 62.5 Å². The van der Waals surface area contributed by atoms with E-state index in [0.717, 1.165) is 32.8 Å². The predicted molar refractivity (Wildman–Crippen MR) is 40.0 cm³/mol. The van der Waals surface area contributed by atoms with Crippen molar-refractivity contribution < 1.29 is 9.47 Å². The fraction of sp³-hybridized carbons (Fsp3) is 1.00. The molecule has 0 saturated carbocycles. The molecule has 0 aromatic heterocycles. The third kappa shape index (κ3) is 1.96. The molecule has 0 amide bonds. The highest BCUT2D eigenvalue weighted by Gasteiger charge is 2.33. The standard InChI is InChI=1S/C8H16O2/c1-3-4-9-5-8(2)6-10-7-8/h3-7H2,1-2H3. The Bertz CT molecular complexity index is 97.4. The van der Waals surface area contributed by atoms with Crippen LogP contribution in [0.25, 0.3) is 0 Å². The Morgan fingerprint density at radius 3 is 2.60 bits per heavy atom. The average molecular weight is 144 g/mol. The molecule has 1 aliphatic heterocycles. The molecule has 0 aromatic rings. The van der Waals surface area contributed by atoms with E-state index >= 15 is 0 Å². The van der Waals surface area contributed by atoms with E-state index in [9.17, 15) is 0 Å². The summed E-state index contributed by atoms with van der Waals surface area (Å²) in [5.74, 6) is 0. The SMILES string of the molecule is CCCOCC1(C)COC1. The van der Waals surface area contributed by atoms with Crippen LogP contribution >= 0.6 is 0 Å². The molecule has 0 aliphatic carbocycles. The van der Waals surface area contributed by atoms with Crippen molar-refractivity contribution in [3.05, 3.63) is 0 Å². The lowest BCUT2D eigenvalue weighted by Crippen LogP contribution is -2.43. The van der Waals surface area contributed by atoms with Crippen LogP contribution in [0.3, 0.4) is 0 Å². The van der Waals surface area contributed by atoms with Crippen molar-refractivity contribution >= 4 is 0 Å². The van der Waals surface area contributed by atoms with E-state index in [1.807, 2.05) is 0 Å². The first-order chi connectivity index (χ1) is 4.77. The minimum Gasteiger partial charge on any atom is -0.381 e. The molecule has 1 rings (SSSR count). The smallest absolute Gasteiger partial charge is 0.0564 e. The van der Waals surface area contributed by atoms with Gasteiger partial charge in [0, 0.05) is 12.0 Å². The average Bonchev–Trinajstić information content (AvgIpc) is 1.85. The highest BCUT2D eigenvalue weighted by atomic mass is 16.5. The Morgan fingerprint density at radius 1 is 1.50 bits per heavy atom. The molecule has 1 aliphatic rings. The van der Waals surface area contributed by atoms with Gasteiger partial charge in [-0.1, -0.05) is 13.8 Å². The summed E-state index contributed by atoms with van der Waals surface area (Å²) >= 11 is 0. The molecule has 0 aromatic carbocycles. The van der Waals surface area contributed by atoms with Crippen LogP contribution in [0.15, 0.2) is 0 Å². The quantitative estimate of drug-likeness (QED) is 0.556. The van der Waals surface area contributed by atoms with Crippen LogP contribution in [0.2, 0.25) is 0 Å². The molecule has 2 nitrogen and oxygen atoms in total. The third-order valence-electron chi connectivity index (χ3n) is 1.70. The molecular formula is C8H16O2. The van der Waals surface area contributed by atoms with Gasteiger partial charge >= 0.3 is 0 Å². The summed E-state index contributed by atoms with van der Waals surface area (Å²) in [6.45, 7) is 7.82. The molecule has 0 bridgehead atoms. The molecule has 10 heavy (non-hydrogen) atoms. The number of ether oxygens (including phenoxy) is 2. The lowest BCUT2D eigenvalue weighted by Gasteiger charge is -2.37. The minimum atomic E-state index is 0.329. The summed E-state index contributed by atoms with van der Waals surface area (Å²) in [4.78, 5) is 0. The summed E-state index contributed by atoms with van der Waals surface area (Å²) in [6, 6.07) is 0. The first-order valence-electron chi connectivity index (χ1n) is 3.92. The van der Waals surface area contributed by atoms with Gasteiger partial charge in [-0.15, -0.1) is 0 Å². The van der Waals surface area contributed by atoms with E-state index in [4.69, 9.17) is 9.47 Å². The second kappa shape index (κ2) is 3.35. The van der Waals surface area contributed by atoms with Crippen LogP contribution in [0, 0.1) is 5.41 Å². The fourth-order valence-corrected chi connectivity index (χ4v) is 0.997. The molecule has 1 fully saturated rings. The van der Waals surface area contributed by atoms with Crippen LogP contribution < -0.4 is 0 Å². The van der Waals surface area contributed by atoms with Crippen molar-refractivity contribution in [2.45, 2.75) is 20.3 Å². The van der Waals surface area contributed by atoms with Crippen molar-refractivity contribution in [2.24, 2.45) is 5.41 Å². The summed E-state index contributed by atoms with van der Waals surface area (Å²) in [7, 11) is 0. The van der Waals surface area contributed by atoms with Crippen molar-refractivity contribution in [3.8, 4) is 0 Å². The Kier molecular flexibility index (Phi) is 2.69. The number of hydrogen-bond donors (Lipinski definition) is 0. The maximum Gasteiger partial charge on any atom is 0.0564 e. The molecule has 60 valence electrons. The van der Waals surface area contributed by atoms with Crippen molar-refractivity contribution in [3.63, 3.8) is 0 Å². The first-order valence-corrected chi connectivity index (χ1v) is 3.92. The van der Waals surface area contributed by atoms with E-state index in [1.54, 1.807) is 0 Å². The van der Waals surface area contributed by atoms with E-state index in [2.05, 4.69) is 13.8 Å². The van der Waals surface area contributed by atoms with Crippen LogP contribution in [0.5, 0.6) is 0 Å². The summed E-state index contributed by atoms with van der Waals surface area (Å²) in [5, 5.41) is 0. The largest absolute Gasteiger partial charge is 0.381 e. The summed E-state index contributed by atoms with van der Waals surface area (Å²) in [6.07, 6.45) is 1.11. The van der Waals surface area contributed by atoms with Crippen LogP contribution in [-0.2, 0) is 9.47 Å². The van der Waals surface area contributed by atoms with Gasteiger partial charge in [0.1, 0.15) is 0 Å². The Hall–Kier alpha value is -0.0800. The van der Waals surface area contributed by atoms with Crippen molar-refractivity contribution in [1.82, 2.24) is 0 Å². The van der Waals surface area contributed by atoms with Crippen LogP contribution in [-0.4, -0.2) is 26.4 Å². The minimum absolute atomic E-state index is 0.329. The molecule has 0 unspecified atom stereocenters. The van der Waals surface area contributed by atoms with E-state index in [0.29, 0.717) is 5.41 Å². The van der Waals surface area contributed by atoms with E-state index in [-0.39, 0.29) is 0 Å². The van der Waals surface area contributed by atoms with Gasteiger partial charge in [0.2, 0.25) is 0 Å². The molecular weight excluding hydrogens is 128 g/mol. The number of rotatable bonds is 4. The highest BCUT2D eigenvalue weighted by Crippen LogP contribution is 2.26. The zero-order chi connectivity index (χ0) is 7.45. The normalized spacial score (nSPS) is 22.2. The highest BCUT2D eigenvalue weighted by molar-refractivity contribution is 4.79. The molecule has 0 radical (unpaired) electrons. The van der Waals surface area contributed by atoms with Crippen LogP contribution in [0.1, 0.15) is 20.3 Å². The van der Waals surface area contributed by atoms with Gasteiger partial charge in [-0.3, -0.25) is 0 Å². The topological polar surface area (TPSA) is 18.5 Å². The molecule has 0 atom stereocenters. The maximum atomic E-state index is 5.41. The lowest BCUT2D eigenvalue weighted by atomic mass is 9.90. The van der Waals surface area contributed by atoms with Crippen molar-refractivity contribution in [1.29, 1.82) is 0 Å². The Balaban J connectivity index is 2.01. The van der Waals surface area contributed by atoms with Crippen molar-refractivity contribution in [2.75, 3.05) is 26.4 Å². The summed E-state index contributed by atoms with van der Waals surface area (Å²) < 4.78 is 10.5. The lowest BCUT2D eigenvalue weighted by molar-refractivity contribution is -0.137. The van der Waals surface area contributed by atoms with Gasteiger partial charge < -0.3 is 9.47 Å². The van der Waals surface area contributed by atoms with Gasteiger partial charge in [0.25, 0.3) is 0 Å². The molecule has 1 heterocycles. The second-order valence-electron chi connectivity index (χ2n) is 3.36. The zero-order valence-electron chi connectivity index (χ0n) is 6.85. The van der Waals surface area contributed by atoms with Crippen LogP contribution in [0.4, 0.5) is 0 Å². The zero-order valence-corrected chi connectivity index (χ0v) is 6.85. The molecule has 0 spiro atoms. The maximum absolute atomic E-state index is 5.41. The summed E-state index contributed by atoms with van der Waals surface area (Å²) in [5.41, 5.74) is 0.329. The van der Waals surface area contributed by atoms with Gasteiger partial charge in [-0.05, 0) is 6.42 Å². The van der Waals surface area contributed by atoms with E-state index < -0.39 is 0 Å².